The molecule has 1 aromatic carbocycles. The Bertz CT molecular complexity index is 725. The van der Waals surface area contributed by atoms with Gasteiger partial charge in [0.1, 0.15) is 0 Å². The predicted octanol–water partition coefficient (Wildman–Crippen LogP) is -1.30. The van der Waals surface area contributed by atoms with Crippen molar-refractivity contribution in [2.75, 3.05) is 16.2 Å². The zero-order valence-corrected chi connectivity index (χ0v) is 12.1. The summed E-state index contributed by atoms with van der Waals surface area (Å²) in [6.07, 6.45) is 0. The molecule has 0 unspecified atom stereocenters. The van der Waals surface area contributed by atoms with Crippen LogP contribution in [0.25, 0.3) is 0 Å². The molecular formula is C10H15N9O2S. The molecule has 118 valence electrons. The van der Waals surface area contributed by atoms with E-state index in [1.165, 1.54) is 12.1 Å². The van der Waals surface area contributed by atoms with Gasteiger partial charge in [0.05, 0.1) is 4.90 Å². The van der Waals surface area contributed by atoms with Crippen molar-refractivity contribution >= 4 is 27.9 Å². The molecule has 2 rings (SSSR count). The fourth-order valence-corrected chi connectivity index (χ4v) is 2.08. The molecule has 0 atom stereocenters. The molecule has 2 aromatic rings. The van der Waals surface area contributed by atoms with Crippen molar-refractivity contribution in [3.8, 4) is 0 Å². The number of nitrogens with one attached hydrogen (secondary N) is 3. The number of anilines is 3. The van der Waals surface area contributed by atoms with Gasteiger partial charge in [-0.05, 0) is 17.7 Å². The smallest absolute Gasteiger partial charge is 0.243 e. The lowest BCUT2D eigenvalue weighted by molar-refractivity contribution is 0.598. The zero-order valence-electron chi connectivity index (χ0n) is 11.3. The quantitative estimate of drug-likeness (QED) is 0.275. The second kappa shape index (κ2) is 6.48. The normalized spacial score (nSPS) is 11.0. The van der Waals surface area contributed by atoms with Crippen molar-refractivity contribution in [1.82, 2.24) is 15.0 Å². The Labute approximate surface area is 126 Å². The van der Waals surface area contributed by atoms with Crippen molar-refractivity contribution in [2.24, 2.45) is 16.8 Å². The van der Waals surface area contributed by atoms with E-state index in [1.807, 2.05) is 0 Å². The Morgan fingerprint density at radius 3 is 1.86 bits per heavy atom. The van der Waals surface area contributed by atoms with Gasteiger partial charge >= 0.3 is 0 Å². The van der Waals surface area contributed by atoms with Crippen LogP contribution in [0.5, 0.6) is 0 Å². The number of aromatic nitrogens is 3. The number of hydrazine groups is 2. The SMILES string of the molecule is NNc1nc(NN)nc(NCc2ccc(S(N)(=O)=O)cc2)n1. The number of rotatable bonds is 6. The molecule has 0 saturated heterocycles. The molecule has 1 aromatic heterocycles. The van der Waals surface area contributed by atoms with E-state index in [0.717, 1.165) is 5.56 Å². The zero-order chi connectivity index (χ0) is 16.2. The van der Waals surface area contributed by atoms with E-state index in [0.29, 0.717) is 6.54 Å². The van der Waals surface area contributed by atoms with Gasteiger partial charge in [-0.2, -0.15) is 15.0 Å². The largest absolute Gasteiger partial charge is 0.350 e. The van der Waals surface area contributed by atoms with Gasteiger partial charge in [-0.25, -0.2) is 25.2 Å². The first kappa shape index (κ1) is 15.8. The Morgan fingerprint density at radius 1 is 0.909 bits per heavy atom. The summed E-state index contributed by atoms with van der Waals surface area (Å²) in [6.45, 7) is 0.350. The lowest BCUT2D eigenvalue weighted by atomic mass is 10.2. The van der Waals surface area contributed by atoms with Gasteiger partial charge in [0, 0.05) is 6.54 Å². The highest BCUT2D eigenvalue weighted by molar-refractivity contribution is 7.89. The molecule has 0 aliphatic rings. The maximum atomic E-state index is 11.2. The van der Waals surface area contributed by atoms with Crippen LogP contribution in [0.1, 0.15) is 5.56 Å². The van der Waals surface area contributed by atoms with Gasteiger partial charge in [-0.15, -0.1) is 0 Å². The summed E-state index contributed by atoms with van der Waals surface area (Å²) in [5, 5.41) is 7.96. The number of hydrogen-bond acceptors (Lipinski definition) is 10. The fraction of sp³-hybridized carbons (Fsp3) is 0.100. The van der Waals surface area contributed by atoms with Crippen molar-refractivity contribution in [1.29, 1.82) is 0 Å². The van der Waals surface area contributed by atoms with Crippen LogP contribution < -0.4 is 33.0 Å². The molecule has 0 radical (unpaired) electrons. The Hall–Kier alpha value is -2.54. The van der Waals surface area contributed by atoms with Gasteiger partial charge in [0.15, 0.2) is 0 Å². The molecule has 22 heavy (non-hydrogen) atoms. The molecule has 0 saturated carbocycles. The number of sulfonamides is 1. The minimum absolute atomic E-state index is 0.0423. The average molecular weight is 325 g/mol. The second-order valence-electron chi connectivity index (χ2n) is 4.14. The molecule has 11 nitrogen and oxygen atoms in total. The van der Waals surface area contributed by atoms with Gasteiger partial charge in [0.2, 0.25) is 27.9 Å². The molecule has 1 heterocycles. The molecule has 12 heteroatoms. The van der Waals surface area contributed by atoms with Crippen molar-refractivity contribution in [2.45, 2.75) is 11.4 Å². The second-order valence-corrected chi connectivity index (χ2v) is 5.70. The van der Waals surface area contributed by atoms with E-state index in [9.17, 15) is 8.42 Å². The monoisotopic (exact) mass is 325 g/mol. The molecular weight excluding hydrogens is 310 g/mol. The van der Waals surface area contributed by atoms with Crippen molar-refractivity contribution in [3.63, 3.8) is 0 Å². The van der Waals surface area contributed by atoms with Crippen LogP contribution in [0.3, 0.4) is 0 Å². The third kappa shape index (κ3) is 3.98. The van der Waals surface area contributed by atoms with Crippen LogP contribution in [-0.4, -0.2) is 23.4 Å². The van der Waals surface area contributed by atoms with Crippen LogP contribution in [0, 0.1) is 0 Å². The first-order chi connectivity index (χ1) is 10.4. The minimum Gasteiger partial charge on any atom is -0.350 e. The average Bonchev–Trinajstić information content (AvgIpc) is 2.52. The maximum absolute atomic E-state index is 11.2. The van der Waals surface area contributed by atoms with Gasteiger partial charge in [-0.1, -0.05) is 12.1 Å². The van der Waals surface area contributed by atoms with Crippen LogP contribution >= 0.6 is 0 Å². The lowest BCUT2D eigenvalue weighted by Crippen LogP contribution is -2.17. The lowest BCUT2D eigenvalue weighted by Gasteiger charge is -2.08. The van der Waals surface area contributed by atoms with Crippen LogP contribution in [0.4, 0.5) is 17.8 Å². The standard InChI is InChI=1S/C10H15N9O2S/c11-18-9-15-8(16-10(17-9)19-12)14-5-6-1-3-7(4-2-6)22(13,20)21/h1-4H,5,11-12H2,(H2,13,20,21)(H3,14,15,16,17,18,19). The van der Waals surface area contributed by atoms with E-state index in [2.05, 4.69) is 31.1 Å². The third-order valence-corrected chi connectivity index (χ3v) is 3.53. The number of benzene rings is 1. The first-order valence-corrected chi connectivity index (χ1v) is 7.52. The molecule has 9 N–H and O–H groups in total. The first-order valence-electron chi connectivity index (χ1n) is 5.97. The van der Waals surface area contributed by atoms with Gasteiger partial charge < -0.3 is 5.32 Å². The fourth-order valence-electron chi connectivity index (χ4n) is 1.56. The van der Waals surface area contributed by atoms with Crippen LogP contribution in [-0.2, 0) is 16.6 Å². The number of primary sulfonamides is 1. The summed E-state index contributed by atoms with van der Waals surface area (Å²) in [4.78, 5) is 11.9. The van der Waals surface area contributed by atoms with Gasteiger partial charge in [-0.3, -0.25) is 10.9 Å². The highest BCUT2D eigenvalue weighted by Gasteiger charge is 2.08. The number of nitrogens with two attached hydrogens (primary N) is 3. The molecule has 0 aliphatic carbocycles. The van der Waals surface area contributed by atoms with E-state index < -0.39 is 10.0 Å². The van der Waals surface area contributed by atoms with Crippen molar-refractivity contribution in [3.05, 3.63) is 29.8 Å². The maximum Gasteiger partial charge on any atom is 0.243 e. The van der Waals surface area contributed by atoms with E-state index >= 15 is 0 Å². The summed E-state index contributed by atoms with van der Waals surface area (Å²) in [5.74, 6) is 11.0. The molecule has 0 amide bonds. The Balaban J connectivity index is 2.10. The molecule has 0 aliphatic heterocycles. The number of hydrogen-bond donors (Lipinski definition) is 6. The summed E-state index contributed by atoms with van der Waals surface area (Å²) in [6, 6.07) is 6.08. The number of nitrogen functional groups attached to an aromatic ring is 2. The molecule has 0 bridgehead atoms. The number of nitrogens with zero attached hydrogens (tertiary/aromatic N) is 3. The summed E-state index contributed by atoms with van der Waals surface area (Å²) in [5.41, 5.74) is 5.38. The highest BCUT2D eigenvalue weighted by Crippen LogP contribution is 2.11. The summed E-state index contributed by atoms with van der Waals surface area (Å²) in [7, 11) is -3.70. The summed E-state index contributed by atoms with van der Waals surface area (Å²) >= 11 is 0. The minimum atomic E-state index is -3.70. The summed E-state index contributed by atoms with van der Waals surface area (Å²) < 4.78 is 22.3. The topological polar surface area (TPSA) is 187 Å². The highest BCUT2D eigenvalue weighted by atomic mass is 32.2. The van der Waals surface area contributed by atoms with E-state index in [4.69, 9.17) is 16.8 Å². The Kier molecular flexibility index (Phi) is 4.67. The molecule has 0 spiro atoms. The predicted molar refractivity (Wildman–Crippen MR) is 80.6 cm³/mol. The third-order valence-electron chi connectivity index (χ3n) is 2.60. The van der Waals surface area contributed by atoms with Crippen molar-refractivity contribution < 1.29 is 8.42 Å². The van der Waals surface area contributed by atoms with E-state index in [1.54, 1.807) is 12.1 Å². The Morgan fingerprint density at radius 2 is 1.41 bits per heavy atom. The van der Waals surface area contributed by atoms with Crippen LogP contribution in [0.2, 0.25) is 0 Å². The molecule has 0 fully saturated rings. The van der Waals surface area contributed by atoms with Gasteiger partial charge in [0.25, 0.3) is 0 Å². The van der Waals surface area contributed by atoms with E-state index in [-0.39, 0.29) is 22.7 Å². The van der Waals surface area contributed by atoms with Crippen LogP contribution in [0.15, 0.2) is 29.2 Å².